The molecule has 6 nitrogen and oxygen atoms in total. The summed E-state index contributed by atoms with van der Waals surface area (Å²) in [6.45, 7) is 13.0. The molecule has 30 heavy (non-hydrogen) atoms. The van der Waals surface area contributed by atoms with E-state index in [0.29, 0.717) is 30.3 Å². The third kappa shape index (κ3) is 7.73. The Kier molecular flexibility index (Phi) is 10.4. The van der Waals surface area contributed by atoms with E-state index >= 15 is 0 Å². The van der Waals surface area contributed by atoms with Gasteiger partial charge in [-0.2, -0.15) is 0 Å². The molecule has 0 heterocycles. The quantitative estimate of drug-likeness (QED) is 0.161. The summed E-state index contributed by atoms with van der Waals surface area (Å²) in [4.78, 5) is 23.7. The second-order valence-corrected chi connectivity index (χ2v) is 8.11. The van der Waals surface area contributed by atoms with Gasteiger partial charge >= 0.3 is 5.97 Å². The molecule has 1 N–H and O–H groups in total. The highest BCUT2D eigenvalue weighted by Gasteiger charge is 2.24. The number of aliphatic hydroxyl groups excluding tert-OH is 1. The van der Waals surface area contributed by atoms with E-state index in [9.17, 15) is 14.7 Å². The number of ketones is 1. The SMILES string of the molecule is CCCCOc1cc(OCCCC)c(C(C)(C)C)cc1C(O)=CC(=O)C(=O)OCC. The average molecular weight is 421 g/mol. The Bertz CT molecular complexity index is 743. The van der Waals surface area contributed by atoms with Gasteiger partial charge in [-0.25, -0.2) is 4.79 Å². The molecule has 1 aromatic carbocycles. The number of esters is 1. The normalized spacial score (nSPS) is 11.9. The summed E-state index contributed by atoms with van der Waals surface area (Å²) in [7, 11) is 0. The number of unbranched alkanes of at least 4 members (excludes halogenated alkanes) is 2. The topological polar surface area (TPSA) is 82.1 Å². The van der Waals surface area contributed by atoms with Crippen LogP contribution in [-0.4, -0.2) is 36.7 Å². The largest absolute Gasteiger partial charge is 0.507 e. The number of hydrogen-bond acceptors (Lipinski definition) is 6. The number of carbonyl (C=O) groups is 2. The van der Waals surface area contributed by atoms with Gasteiger partial charge in [0.25, 0.3) is 5.78 Å². The highest BCUT2D eigenvalue weighted by Crippen LogP contribution is 2.39. The third-order valence-electron chi connectivity index (χ3n) is 4.42. The van der Waals surface area contributed by atoms with Crippen LogP contribution in [0, 0.1) is 0 Å². The molecule has 0 fully saturated rings. The molecular weight excluding hydrogens is 384 g/mol. The van der Waals surface area contributed by atoms with Crippen LogP contribution in [0.2, 0.25) is 0 Å². The van der Waals surface area contributed by atoms with E-state index in [1.807, 2.05) is 20.8 Å². The van der Waals surface area contributed by atoms with E-state index in [4.69, 9.17) is 14.2 Å². The van der Waals surface area contributed by atoms with Crippen molar-refractivity contribution in [2.24, 2.45) is 0 Å². The molecule has 0 bridgehead atoms. The van der Waals surface area contributed by atoms with Gasteiger partial charge in [0.05, 0.1) is 25.4 Å². The van der Waals surface area contributed by atoms with E-state index in [1.165, 1.54) is 0 Å². The number of benzene rings is 1. The molecule has 0 aromatic heterocycles. The van der Waals surface area contributed by atoms with E-state index < -0.39 is 11.8 Å². The van der Waals surface area contributed by atoms with E-state index in [0.717, 1.165) is 37.3 Å². The minimum atomic E-state index is -1.01. The van der Waals surface area contributed by atoms with Crippen molar-refractivity contribution in [3.63, 3.8) is 0 Å². The lowest BCUT2D eigenvalue weighted by atomic mass is 9.85. The van der Waals surface area contributed by atoms with Gasteiger partial charge in [0.2, 0.25) is 0 Å². The Morgan fingerprint density at radius 2 is 1.53 bits per heavy atom. The summed E-state index contributed by atoms with van der Waals surface area (Å²) in [6.07, 6.45) is 4.63. The maximum absolute atomic E-state index is 12.0. The Hall–Kier alpha value is -2.50. The van der Waals surface area contributed by atoms with Crippen molar-refractivity contribution < 1.29 is 28.9 Å². The fourth-order valence-electron chi connectivity index (χ4n) is 2.70. The lowest BCUT2D eigenvalue weighted by molar-refractivity contribution is -0.151. The summed E-state index contributed by atoms with van der Waals surface area (Å²) >= 11 is 0. The van der Waals surface area contributed by atoms with Gasteiger partial charge in [0, 0.05) is 17.7 Å². The van der Waals surface area contributed by atoms with Gasteiger partial charge in [-0.1, -0.05) is 47.5 Å². The molecule has 1 aromatic rings. The van der Waals surface area contributed by atoms with Crippen molar-refractivity contribution in [1.82, 2.24) is 0 Å². The Morgan fingerprint density at radius 1 is 0.967 bits per heavy atom. The smallest absolute Gasteiger partial charge is 0.379 e. The summed E-state index contributed by atoms with van der Waals surface area (Å²) < 4.78 is 16.6. The molecule has 168 valence electrons. The van der Waals surface area contributed by atoms with Crippen LogP contribution >= 0.6 is 0 Å². The highest BCUT2D eigenvalue weighted by atomic mass is 16.5. The van der Waals surface area contributed by atoms with Gasteiger partial charge in [-0.15, -0.1) is 0 Å². The predicted octanol–water partition coefficient (Wildman–Crippen LogP) is 5.37. The van der Waals surface area contributed by atoms with Crippen molar-refractivity contribution in [2.75, 3.05) is 19.8 Å². The van der Waals surface area contributed by atoms with Crippen LogP contribution in [0.5, 0.6) is 11.5 Å². The van der Waals surface area contributed by atoms with Crippen molar-refractivity contribution in [2.45, 2.75) is 72.6 Å². The van der Waals surface area contributed by atoms with Crippen LogP contribution in [-0.2, 0) is 19.7 Å². The zero-order valence-corrected chi connectivity index (χ0v) is 19.2. The summed E-state index contributed by atoms with van der Waals surface area (Å²) in [5.41, 5.74) is 0.945. The van der Waals surface area contributed by atoms with E-state index in [-0.39, 0.29) is 17.8 Å². The fourth-order valence-corrected chi connectivity index (χ4v) is 2.70. The van der Waals surface area contributed by atoms with Crippen molar-refractivity contribution in [3.8, 4) is 11.5 Å². The van der Waals surface area contributed by atoms with Crippen LogP contribution < -0.4 is 9.47 Å². The van der Waals surface area contributed by atoms with E-state index in [2.05, 4.69) is 13.8 Å². The Balaban J connectivity index is 3.44. The zero-order valence-electron chi connectivity index (χ0n) is 19.2. The highest BCUT2D eigenvalue weighted by molar-refractivity contribution is 6.39. The first-order chi connectivity index (χ1) is 14.1. The number of aliphatic hydroxyl groups is 1. The summed E-state index contributed by atoms with van der Waals surface area (Å²) in [5.74, 6) is -1.17. The van der Waals surface area contributed by atoms with Crippen LogP contribution in [0.25, 0.3) is 5.76 Å². The Labute approximate surface area is 180 Å². The second kappa shape index (κ2) is 12.3. The molecule has 0 amide bonds. The number of rotatable bonds is 12. The average Bonchev–Trinajstić information content (AvgIpc) is 2.67. The van der Waals surface area contributed by atoms with Crippen molar-refractivity contribution in [1.29, 1.82) is 0 Å². The van der Waals surface area contributed by atoms with Crippen LogP contribution in [0.15, 0.2) is 18.2 Å². The molecule has 0 aliphatic heterocycles. The lowest BCUT2D eigenvalue weighted by Gasteiger charge is -2.25. The van der Waals surface area contributed by atoms with Gasteiger partial charge < -0.3 is 19.3 Å². The molecule has 0 saturated carbocycles. The van der Waals surface area contributed by atoms with Crippen molar-refractivity contribution in [3.05, 3.63) is 29.3 Å². The predicted molar refractivity (Wildman–Crippen MR) is 118 cm³/mol. The molecule has 6 heteroatoms. The fraction of sp³-hybridized carbons (Fsp3) is 0.583. The minimum absolute atomic E-state index is 0.0858. The van der Waals surface area contributed by atoms with Gasteiger partial charge in [0.15, 0.2) is 0 Å². The van der Waals surface area contributed by atoms with Crippen LogP contribution in [0.1, 0.15) is 78.4 Å². The second-order valence-electron chi connectivity index (χ2n) is 8.11. The van der Waals surface area contributed by atoms with Gasteiger partial charge in [0.1, 0.15) is 17.3 Å². The number of hydrogen-bond donors (Lipinski definition) is 1. The Morgan fingerprint density at radius 3 is 2.03 bits per heavy atom. The first-order valence-electron chi connectivity index (χ1n) is 10.7. The molecule has 0 atom stereocenters. The van der Waals surface area contributed by atoms with Gasteiger partial charge in [-0.3, -0.25) is 4.79 Å². The van der Waals surface area contributed by atoms with Crippen molar-refractivity contribution >= 4 is 17.5 Å². The maximum Gasteiger partial charge on any atom is 0.379 e. The monoisotopic (exact) mass is 420 g/mol. The molecule has 0 aliphatic carbocycles. The molecule has 0 aliphatic rings. The molecule has 0 unspecified atom stereocenters. The molecule has 1 rings (SSSR count). The zero-order chi connectivity index (χ0) is 22.7. The molecule has 0 saturated heterocycles. The summed E-state index contributed by atoms with van der Waals surface area (Å²) in [6, 6.07) is 3.53. The third-order valence-corrected chi connectivity index (χ3v) is 4.42. The molecule has 0 spiro atoms. The van der Waals surface area contributed by atoms with Crippen LogP contribution in [0.3, 0.4) is 0 Å². The van der Waals surface area contributed by atoms with E-state index in [1.54, 1.807) is 19.1 Å². The lowest BCUT2D eigenvalue weighted by Crippen LogP contribution is -2.16. The molecular formula is C24H36O6. The summed E-state index contributed by atoms with van der Waals surface area (Å²) in [5, 5.41) is 10.7. The first kappa shape index (κ1) is 25.5. The standard InChI is InChI=1S/C24H36O6/c1-7-10-12-29-21-16-22(30-13-11-8-2)18(24(4,5)6)14-17(21)19(25)15-20(26)23(27)28-9-3/h14-16,25H,7-13H2,1-6H3. The molecule has 0 radical (unpaired) electrons. The number of carbonyl (C=O) groups excluding carboxylic acids is 2. The first-order valence-corrected chi connectivity index (χ1v) is 10.7. The number of ether oxygens (including phenoxy) is 3. The maximum atomic E-state index is 12.0. The van der Waals surface area contributed by atoms with Gasteiger partial charge in [-0.05, 0) is 31.2 Å². The minimum Gasteiger partial charge on any atom is -0.507 e. The van der Waals surface area contributed by atoms with Crippen LogP contribution in [0.4, 0.5) is 0 Å².